The molecule has 348 valence electrons. The first-order chi connectivity index (χ1) is 31.1. The number of hydrogen-bond donors (Lipinski definition) is 5. The first-order valence-corrected chi connectivity index (χ1v) is 20.9. The van der Waals surface area contributed by atoms with Gasteiger partial charge in [0.2, 0.25) is 12.0 Å². The normalized spacial score (nSPS) is 18.5. The fourth-order valence-electron chi connectivity index (χ4n) is 6.72. The van der Waals surface area contributed by atoms with Gasteiger partial charge in [0.1, 0.15) is 17.3 Å². The highest BCUT2D eigenvalue weighted by Crippen LogP contribution is 2.43. The van der Waals surface area contributed by atoms with Crippen LogP contribution in [-0.2, 0) is 49.5 Å². The largest absolute Gasteiger partial charge is 0.377 e. The van der Waals surface area contributed by atoms with Crippen molar-refractivity contribution in [3.05, 3.63) is 83.6 Å². The number of likely N-dealkylation sites (N-methyl/N-ethyl adjacent to an activating group) is 1. The van der Waals surface area contributed by atoms with E-state index in [0.29, 0.717) is 119 Å². The predicted molar refractivity (Wildman–Crippen MR) is 222 cm³/mol. The number of hydrogen-bond acceptors (Lipinski definition) is 17. The van der Waals surface area contributed by atoms with E-state index >= 15 is 0 Å². The summed E-state index contributed by atoms with van der Waals surface area (Å²) in [5.74, 6) is -3.68. The molecule has 22 heteroatoms. The second kappa shape index (κ2) is 23.1. The molecule has 64 heavy (non-hydrogen) atoms. The van der Waals surface area contributed by atoms with Crippen LogP contribution in [0.25, 0.3) is 10.9 Å². The zero-order valence-corrected chi connectivity index (χ0v) is 35.3. The van der Waals surface area contributed by atoms with Crippen molar-refractivity contribution < 1.29 is 71.3 Å². The molecule has 3 aliphatic heterocycles. The maximum Gasteiger partial charge on any atom is 0.282 e. The topological polar surface area (TPSA) is 208 Å². The average molecular weight is 902 g/mol. The number of para-hydroxylation sites is 1. The number of benzene rings is 3. The van der Waals surface area contributed by atoms with Crippen molar-refractivity contribution in [2.75, 3.05) is 109 Å². The molecule has 0 radical (unpaired) electrons. The van der Waals surface area contributed by atoms with Crippen molar-refractivity contribution in [3.8, 4) is 11.5 Å². The van der Waals surface area contributed by atoms with Crippen LogP contribution in [0.3, 0.4) is 0 Å². The van der Waals surface area contributed by atoms with Crippen LogP contribution >= 0.6 is 0 Å². The number of carbonyl (C=O) groups excluding carboxylic acids is 2. The van der Waals surface area contributed by atoms with Gasteiger partial charge in [0, 0.05) is 56.5 Å². The van der Waals surface area contributed by atoms with Crippen molar-refractivity contribution in [1.82, 2.24) is 26.5 Å². The minimum absolute atomic E-state index is 0.0491. The fraction of sp³-hybridized carbons (Fsp3) is 0.476. The van der Waals surface area contributed by atoms with Crippen LogP contribution in [0.1, 0.15) is 28.9 Å². The van der Waals surface area contributed by atoms with Crippen molar-refractivity contribution >= 4 is 34.1 Å². The minimum atomic E-state index is -2.18. The zero-order chi connectivity index (χ0) is 44.7. The lowest BCUT2D eigenvalue weighted by Gasteiger charge is -2.26. The average Bonchev–Trinajstić information content (AvgIpc) is 4.05. The second-order valence-corrected chi connectivity index (χ2v) is 14.7. The highest BCUT2D eigenvalue weighted by atomic mass is 19.1. The standard InChI is InChI=1S/C42H53F2N7O13/c1-49(36-3-2-4-37-39(36)63-51(62-37)38-7-12-60-48-61-38)11-14-56-16-18-58-20-22-59-21-19-57-17-15-55-13-9-45-40(52)35-26-30-25-33(5-6-34(30)47-35)50-10-8-42(54,64-50)41(53)46-28-29-23-31(43)27-32(44)24-29/h2-6,23-27,38,47-48,54H,7-22,28H2,1H3,(H,45,52)(H,46,53). The summed E-state index contributed by atoms with van der Waals surface area (Å²) in [6.45, 7) is 5.44. The Morgan fingerprint density at radius 1 is 0.875 bits per heavy atom. The number of aromatic nitrogens is 1. The van der Waals surface area contributed by atoms with Crippen LogP contribution < -0.4 is 35.9 Å². The molecule has 2 amide bonds. The number of fused-ring (bicyclic) bond motifs is 2. The fourth-order valence-corrected chi connectivity index (χ4v) is 6.72. The van der Waals surface area contributed by atoms with Crippen molar-refractivity contribution in [1.29, 1.82) is 0 Å². The molecule has 4 heterocycles. The number of anilines is 2. The summed E-state index contributed by atoms with van der Waals surface area (Å²) in [5.41, 5.74) is 5.03. The third kappa shape index (κ3) is 12.9. The molecular weight excluding hydrogens is 848 g/mol. The first kappa shape index (κ1) is 46.7. The number of carbonyl (C=O) groups is 2. The Morgan fingerprint density at radius 2 is 1.58 bits per heavy atom. The van der Waals surface area contributed by atoms with Gasteiger partial charge in [0.25, 0.3) is 17.6 Å². The number of amides is 2. The number of nitrogens with zero attached hydrogens (tertiary/aromatic N) is 3. The summed E-state index contributed by atoms with van der Waals surface area (Å²) in [6, 6.07) is 15.5. The van der Waals surface area contributed by atoms with Crippen LogP contribution in [-0.4, -0.2) is 139 Å². The minimum Gasteiger partial charge on any atom is -0.377 e. The second-order valence-electron chi connectivity index (χ2n) is 14.7. The Morgan fingerprint density at radius 3 is 2.28 bits per heavy atom. The number of ether oxygens (including phenoxy) is 5. The Kier molecular flexibility index (Phi) is 16.9. The Bertz CT molecular complexity index is 2130. The molecule has 2 saturated heterocycles. The molecule has 20 nitrogen and oxygen atoms in total. The molecular formula is C42H53F2N7O13. The summed E-state index contributed by atoms with van der Waals surface area (Å²) in [6.07, 6.45) is 0.0766. The lowest BCUT2D eigenvalue weighted by atomic mass is 10.1. The smallest absolute Gasteiger partial charge is 0.282 e. The number of rotatable bonds is 25. The third-order valence-corrected chi connectivity index (χ3v) is 10.1. The molecule has 7 rings (SSSR count). The summed E-state index contributed by atoms with van der Waals surface area (Å²) in [7, 11) is 1.95. The molecule has 0 spiro atoms. The Labute approximate surface area is 367 Å². The van der Waals surface area contributed by atoms with Gasteiger partial charge in [-0.3, -0.25) is 24.3 Å². The van der Waals surface area contributed by atoms with Crippen molar-refractivity contribution in [2.45, 2.75) is 31.4 Å². The van der Waals surface area contributed by atoms with E-state index in [2.05, 4.69) is 21.3 Å². The van der Waals surface area contributed by atoms with Gasteiger partial charge in [0.15, 0.2) is 5.75 Å². The van der Waals surface area contributed by atoms with Crippen LogP contribution in [0.15, 0.2) is 60.7 Å². The highest BCUT2D eigenvalue weighted by Gasteiger charge is 2.45. The number of hydroxylamine groups is 3. The molecule has 2 atom stereocenters. The van der Waals surface area contributed by atoms with E-state index in [9.17, 15) is 23.5 Å². The summed E-state index contributed by atoms with van der Waals surface area (Å²) >= 11 is 0. The van der Waals surface area contributed by atoms with E-state index < -0.39 is 29.6 Å². The maximum atomic E-state index is 13.5. The third-order valence-electron chi connectivity index (χ3n) is 10.1. The Hall–Kier alpha value is -5.24. The van der Waals surface area contributed by atoms with Crippen LogP contribution in [0.5, 0.6) is 11.5 Å². The van der Waals surface area contributed by atoms with Gasteiger partial charge in [-0.25, -0.2) is 13.6 Å². The van der Waals surface area contributed by atoms with E-state index in [1.54, 1.807) is 24.3 Å². The SMILES string of the molecule is CN(CCOCCOCCOCCOCCOCCNC(=O)c1cc2cc(N3CCC(O)(C(=O)NCc4cc(F)cc(F)c4)O3)ccc2[nH]1)c1cccc2c1ON(C1CCONO1)O2. The zero-order valence-electron chi connectivity index (χ0n) is 35.3. The molecule has 3 aromatic carbocycles. The molecule has 0 aliphatic carbocycles. The van der Waals surface area contributed by atoms with E-state index in [0.717, 1.165) is 23.9 Å². The molecule has 3 aliphatic rings. The van der Waals surface area contributed by atoms with Gasteiger partial charge in [-0.05, 0) is 54.1 Å². The number of H-pyrrole nitrogens is 1. The quantitative estimate of drug-likeness (QED) is 0.0606. The predicted octanol–water partition coefficient (Wildman–Crippen LogP) is 2.63. The van der Waals surface area contributed by atoms with Crippen LogP contribution in [0.2, 0.25) is 0 Å². The molecule has 4 aromatic rings. The van der Waals surface area contributed by atoms with Crippen molar-refractivity contribution in [2.24, 2.45) is 0 Å². The summed E-state index contributed by atoms with van der Waals surface area (Å²) in [4.78, 5) is 58.2. The molecule has 2 unspecified atom stereocenters. The number of aromatic amines is 1. The van der Waals surface area contributed by atoms with Gasteiger partial charge in [-0.1, -0.05) is 11.7 Å². The van der Waals surface area contributed by atoms with Gasteiger partial charge in [0.05, 0.1) is 95.8 Å². The number of halogens is 2. The van der Waals surface area contributed by atoms with Crippen LogP contribution in [0, 0.1) is 11.6 Å². The molecule has 1 aromatic heterocycles. The molecule has 0 bridgehead atoms. The Balaban J connectivity index is 0.669. The van der Waals surface area contributed by atoms with E-state index in [4.69, 9.17) is 47.9 Å². The monoisotopic (exact) mass is 901 g/mol. The van der Waals surface area contributed by atoms with Crippen molar-refractivity contribution in [3.63, 3.8) is 0 Å². The first-order valence-electron chi connectivity index (χ1n) is 20.9. The molecule has 5 N–H and O–H groups in total. The van der Waals surface area contributed by atoms with Crippen LogP contribution in [0.4, 0.5) is 20.2 Å². The summed E-state index contributed by atoms with van der Waals surface area (Å²) in [5, 5.41) is 19.5. The van der Waals surface area contributed by atoms with Gasteiger partial charge >= 0.3 is 0 Å². The van der Waals surface area contributed by atoms with Gasteiger partial charge in [-0.2, -0.15) is 0 Å². The lowest BCUT2D eigenvalue weighted by molar-refractivity contribution is -0.376. The highest BCUT2D eigenvalue weighted by molar-refractivity contribution is 5.98. The van der Waals surface area contributed by atoms with E-state index in [-0.39, 0.29) is 37.5 Å². The van der Waals surface area contributed by atoms with Gasteiger partial charge in [-0.15, -0.1) is 0 Å². The lowest BCUT2D eigenvalue weighted by Crippen LogP contribution is -2.47. The van der Waals surface area contributed by atoms with Gasteiger partial charge < -0.3 is 59.0 Å². The number of nitrogens with one attached hydrogen (secondary N) is 4. The molecule has 2 fully saturated rings. The molecule has 0 saturated carbocycles. The summed E-state index contributed by atoms with van der Waals surface area (Å²) < 4.78 is 55.0. The van der Waals surface area contributed by atoms with E-state index in [1.165, 1.54) is 10.3 Å². The number of aliphatic hydroxyl groups is 1. The van der Waals surface area contributed by atoms with E-state index in [1.807, 2.05) is 30.1 Å². The maximum absolute atomic E-state index is 13.5.